The molecule has 1 saturated heterocycles. The number of anilines is 1. The third-order valence-electron chi connectivity index (χ3n) is 4.67. The second-order valence-corrected chi connectivity index (χ2v) is 7.37. The van der Waals surface area contributed by atoms with E-state index in [1.165, 1.54) is 11.3 Å². The summed E-state index contributed by atoms with van der Waals surface area (Å²) < 4.78 is 0. The maximum Gasteiger partial charge on any atom is 0.265 e. The number of hydrogen-bond donors (Lipinski definition) is 2. The molecular weight excluding hydrogens is 364 g/mol. The van der Waals surface area contributed by atoms with Crippen LogP contribution < -0.4 is 5.73 Å². The highest BCUT2D eigenvalue weighted by Crippen LogP contribution is 2.30. The highest BCUT2D eigenvalue weighted by atomic mass is 32.1. The number of likely N-dealkylation sites (tertiary alicyclic amines) is 1. The van der Waals surface area contributed by atoms with Gasteiger partial charge in [0.15, 0.2) is 10.8 Å². The fourth-order valence-corrected chi connectivity index (χ4v) is 4.30. The maximum absolute atomic E-state index is 13.1. The number of aromatic amines is 1. The molecule has 0 bridgehead atoms. The first-order valence-corrected chi connectivity index (χ1v) is 9.71. The third-order valence-corrected chi connectivity index (χ3v) is 5.75. The van der Waals surface area contributed by atoms with Crippen molar-refractivity contribution in [3.05, 3.63) is 34.9 Å². The molecule has 1 aliphatic heterocycles. The Hall–Kier alpha value is -2.88. The number of thiazole rings is 1. The first kappa shape index (κ1) is 17.5. The molecule has 9 nitrogen and oxygen atoms in total. The Bertz CT molecular complexity index is 930. The number of nitrogens with two attached hydrogens (primary N) is 1. The Morgan fingerprint density at radius 2 is 2.04 bits per heavy atom. The number of nitrogens with one attached hydrogen (secondary N) is 1. The van der Waals surface area contributed by atoms with Gasteiger partial charge in [-0.1, -0.05) is 6.92 Å². The molecule has 4 rings (SSSR count). The molecule has 0 aliphatic carbocycles. The Morgan fingerprint density at radius 1 is 1.30 bits per heavy atom. The Balaban J connectivity index is 1.49. The number of aryl methyl sites for hydroxylation is 1. The summed E-state index contributed by atoms with van der Waals surface area (Å²) in [6.07, 6.45) is 5.71. The van der Waals surface area contributed by atoms with Crippen LogP contribution in [0.2, 0.25) is 0 Å². The van der Waals surface area contributed by atoms with E-state index < -0.39 is 0 Å². The van der Waals surface area contributed by atoms with Crippen molar-refractivity contribution in [2.45, 2.75) is 32.1 Å². The summed E-state index contributed by atoms with van der Waals surface area (Å²) in [5.74, 6) is 1.89. The highest BCUT2D eigenvalue weighted by Gasteiger charge is 2.29. The Morgan fingerprint density at radius 3 is 2.67 bits per heavy atom. The quantitative estimate of drug-likeness (QED) is 0.703. The lowest BCUT2D eigenvalue weighted by molar-refractivity contribution is 0.0715. The number of aromatic nitrogens is 6. The van der Waals surface area contributed by atoms with E-state index in [1.54, 1.807) is 18.5 Å². The molecule has 0 aromatic carbocycles. The van der Waals surface area contributed by atoms with Crippen molar-refractivity contribution in [2.75, 3.05) is 18.8 Å². The van der Waals surface area contributed by atoms with Gasteiger partial charge in [0, 0.05) is 31.4 Å². The van der Waals surface area contributed by atoms with Crippen LogP contribution in [-0.4, -0.2) is 54.0 Å². The third kappa shape index (κ3) is 3.52. The lowest BCUT2D eigenvalue weighted by Gasteiger charge is -2.30. The van der Waals surface area contributed by atoms with Crippen LogP contribution in [-0.2, 0) is 6.42 Å². The van der Waals surface area contributed by atoms with Gasteiger partial charge >= 0.3 is 0 Å². The number of piperidine rings is 1. The van der Waals surface area contributed by atoms with Gasteiger partial charge in [-0.3, -0.25) is 9.89 Å². The normalized spacial score (nSPS) is 15.2. The molecule has 140 valence electrons. The van der Waals surface area contributed by atoms with Crippen molar-refractivity contribution < 1.29 is 4.79 Å². The minimum atomic E-state index is 0.0297. The zero-order valence-corrected chi connectivity index (χ0v) is 15.7. The summed E-state index contributed by atoms with van der Waals surface area (Å²) in [6, 6.07) is 1.76. The van der Waals surface area contributed by atoms with Gasteiger partial charge in [0.25, 0.3) is 5.91 Å². The summed E-state index contributed by atoms with van der Waals surface area (Å²) >= 11 is 1.37. The van der Waals surface area contributed by atoms with E-state index in [-0.39, 0.29) is 17.8 Å². The van der Waals surface area contributed by atoms with E-state index in [4.69, 9.17) is 5.73 Å². The van der Waals surface area contributed by atoms with Gasteiger partial charge in [-0.05, 0) is 25.3 Å². The zero-order valence-electron chi connectivity index (χ0n) is 14.9. The SMILES string of the molecule is CCc1nc(-c2ncccn2)sc1C(=O)N1CCC(c2nc(N)n[nH]2)CC1. The van der Waals surface area contributed by atoms with E-state index in [9.17, 15) is 4.79 Å². The number of carbonyl (C=O) groups is 1. The predicted octanol–water partition coefficient (Wildman–Crippen LogP) is 1.88. The topological polar surface area (TPSA) is 127 Å². The van der Waals surface area contributed by atoms with Crippen molar-refractivity contribution in [2.24, 2.45) is 0 Å². The van der Waals surface area contributed by atoms with Gasteiger partial charge in [0.05, 0.1) is 5.69 Å². The minimum Gasteiger partial charge on any atom is -0.367 e. The van der Waals surface area contributed by atoms with Crippen molar-refractivity contribution in [1.82, 2.24) is 35.0 Å². The Labute approximate surface area is 160 Å². The van der Waals surface area contributed by atoms with Crippen molar-refractivity contribution in [3.63, 3.8) is 0 Å². The number of carbonyl (C=O) groups excluding carboxylic acids is 1. The summed E-state index contributed by atoms with van der Waals surface area (Å²) in [7, 11) is 0. The van der Waals surface area contributed by atoms with E-state index in [0.29, 0.717) is 35.2 Å². The van der Waals surface area contributed by atoms with E-state index in [2.05, 4.69) is 30.1 Å². The fraction of sp³-hybridized carbons (Fsp3) is 0.412. The molecular formula is C17H20N8OS. The molecule has 0 unspecified atom stereocenters. The lowest BCUT2D eigenvalue weighted by atomic mass is 9.96. The standard InChI is InChI=1S/C17H20N8OS/c1-2-11-12(27-15(21-11)14-19-6-3-7-20-14)16(26)25-8-4-10(5-9-25)13-22-17(18)24-23-13/h3,6-7,10H,2,4-5,8-9H2,1H3,(H3,18,22,23,24). The maximum atomic E-state index is 13.1. The zero-order chi connectivity index (χ0) is 18.8. The number of H-pyrrole nitrogens is 1. The summed E-state index contributed by atoms with van der Waals surface area (Å²) in [6.45, 7) is 3.34. The van der Waals surface area contributed by atoms with Crippen LogP contribution in [0.4, 0.5) is 5.95 Å². The van der Waals surface area contributed by atoms with Crippen LogP contribution in [0.5, 0.6) is 0 Å². The van der Waals surface area contributed by atoms with Crippen molar-refractivity contribution >= 4 is 23.2 Å². The smallest absolute Gasteiger partial charge is 0.265 e. The number of nitrogens with zero attached hydrogens (tertiary/aromatic N) is 6. The van der Waals surface area contributed by atoms with Gasteiger partial charge in [0.2, 0.25) is 5.95 Å². The highest BCUT2D eigenvalue weighted by molar-refractivity contribution is 7.17. The molecule has 3 aromatic rings. The van der Waals surface area contributed by atoms with Gasteiger partial charge < -0.3 is 10.6 Å². The molecule has 1 fully saturated rings. The van der Waals surface area contributed by atoms with E-state index in [0.717, 1.165) is 24.4 Å². The van der Waals surface area contributed by atoms with Gasteiger partial charge in [-0.25, -0.2) is 15.0 Å². The lowest BCUT2D eigenvalue weighted by Crippen LogP contribution is -2.38. The minimum absolute atomic E-state index is 0.0297. The average Bonchev–Trinajstić information content (AvgIpc) is 3.34. The van der Waals surface area contributed by atoms with Crippen LogP contribution >= 0.6 is 11.3 Å². The monoisotopic (exact) mass is 384 g/mol. The molecule has 27 heavy (non-hydrogen) atoms. The van der Waals surface area contributed by atoms with Crippen molar-refractivity contribution in [3.8, 4) is 10.8 Å². The number of nitrogen functional groups attached to an aromatic ring is 1. The first-order valence-electron chi connectivity index (χ1n) is 8.89. The summed E-state index contributed by atoms with van der Waals surface area (Å²) in [4.78, 5) is 32.9. The molecule has 1 aliphatic rings. The second-order valence-electron chi connectivity index (χ2n) is 6.37. The van der Waals surface area contributed by atoms with Crippen LogP contribution in [0.15, 0.2) is 18.5 Å². The van der Waals surface area contributed by atoms with Crippen LogP contribution in [0.1, 0.15) is 46.9 Å². The molecule has 3 N–H and O–H groups in total. The van der Waals surface area contributed by atoms with Crippen LogP contribution in [0.25, 0.3) is 10.8 Å². The second kappa shape index (κ2) is 7.39. The number of rotatable bonds is 4. The predicted molar refractivity (Wildman–Crippen MR) is 101 cm³/mol. The van der Waals surface area contributed by atoms with Crippen LogP contribution in [0, 0.1) is 0 Å². The fourth-order valence-electron chi connectivity index (χ4n) is 3.23. The average molecular weight is 384 g/mol. The molecule has 10 heteroatoms. The number of amides is 1. The summed E-state index contributed by atoms with van der Waals surface area (Å²) in [5.41, 5.74) is 6.39. The molecule has 0 atom stereocenters. The molecule has 0 saturated carbocycles. The van der Waals surface area contributed by atoms with Gasteiger partial charge in [-0.2, -0.15) is 4.98 Å². The largest absolute Gasteiger partial charge is 0.367 e. The summed E-state index contributed by atoms with van der Waals surface area (Å²) in [5, 5.41) is 7.45. The van der Waals surface area contributed by atoms with Crippen molar-refractivity contribution in [1.29, 1.82) is 0 Å². The molecule has 4 heterocycles. The van der Waals surface area contributed by atoms with E-state index in [1.807, 2.05) is 11.8 Å². The molecule has 0 radical (unpaired) electrons. The first-order chi connectivity index (χ1) is 13.2. The van der Waals surface area contributed by atoms with Gasteiger partial charge in [-0.15, -0.1) is 16.4 Å². The Kier molecular flexibility index (Phi) is 4.80. The van der Waals surface area contributed by atoms with Crippen LogP contribution in [0.3, 0.4) is 0 Å². The molecule has 0 spiro atoms. The van der Waals surface area contributed by atoms with Gasteiger partial charge in [0.1, 0.15) is 10.7 Å². The number of hydrogen-bond acceptors (Lipinski definition) is 8. The molecule has 3 aromatic heterocycles. The molecule has 1 amide bonds. The van der Waals surface area contributed by atoms with E-state index >= 15 is 0 Å².